The highest BCUT2D eigenvalue weighted by Gasteiger charge is 2.16. The molecule has 0 bridgehead atoms. The Kier molecular flexibility index (Phi) is 5.20. The van der Waals surface area contributed by atoms with Gasteiger partial charge in [0, 0.05) is 12.7 Å². The number of nitrogens with one attached hydrogen (secondary N) is 1. The topological polar surface area (TPSA) is 75.0 Å². The number of carbonyl (C=O) groups is 1. The molecule has 128 valence electrons. The Labute approximate surface area is 149 Å². The maximum atomic E-state index is 13.0. The number of carbonyl (C=O) groups excluding carboxylic acids is 1. The van der Waals surface area contributed by atoms with Crippen molar-refractivity contribution < 1.29 is 13.9 Å². The maximum Gasteiger partial charge on any atom is 0.257 e. The summed E-state index contributed by atoms with van der Waals surface area (Å²) < 4.78 is 18.6. The van der Waals surface area contributed by atoms with Crippen LogP contribution in [0.15, 0.2) is 66.9 Å². The van der Waals surface area contributed by atoms with E-state index < -0.39 is 11.7 Å². The van der Waals surface area contributed by atoms with Gasteiger partial charge in [-0.2, -0.15) is 5.26 Å². The van der Waals surface area contributed by atoms with E-state index >= 15 is 0 Å². The standard InChI is InChI=1S/C20H14FN3O2/c21-16-6-8-17(9-7-16)26-20-18(10-15(11-22)13-24-20)19(25)23-12-14-4-2-1-3-5-14/h1-10,13H,12H2,(H,23,25). The average Bonchev–Trinajstić information content (AvgIpc) is 2.69. The fraction of sp³-hybridized carbons (Fsp3) is 0.0500. The van der Waals surface area contributed by atoms with Crippen molar-refractivity contribution in [3.05, 3.63) is 89.4 Å². The molecular formula is C20H14FN3O2. The van der Waals surface area contributed by atoms with Crippen LogP contribution in [0.5, 0.6) is 11.6 Å². The first kappa shape index (κ1) is 17.1. The molecule has 0 atom stereocenters. The van der Waals surface area contributed by atoms with Crippen molar-refractivity contribution in [3.8, 4) is 17.7 Å². The Balaban J connectivity index is 1.82. The van der Waals surface area contributed by atoms with E-state index in [9.17, 15) is 9.18 Å². The molecule has 0 aliphatic rings. The van der Waals surface area contributed by atoms with Crippen LogP contribution < -0.4 is 10.1 Å². The molecule has 2 aromatic carbocycles. The van der Waals surface area contributed by atoms with Crippen LogP contribution in [-0.2, 0) is 6.54 Å². The lowest BCUT2D eigenvalue weighted by atomic mass is 10.1. The molecule has 0 radical (unpaired) electrons. The van der Waals surface area contributed by atoms with Crippen molar-refractivity contribution in [1.82, 2.24) is 10.3 Å². The summed E-state index contributed by atoms with van der Waals surface area (Å²) in [4.78, 5) is 16.6. The van der Waals surface area contributed by atoms with Gasteiger partial charge in [0.1, 0.15) is 23.2 Å². The highest BCUT2D eigenvalue weighted by Crippen LogP contribution is 2.24. The van der Waals surface area contributed by atoms with Gasteiger partial charge in [-0.25, -0.2) is 9.37 Å². The van der Waals surface area contributed by atoms with Crippen LogP contribution in [0.25, 0.3) is 0 Å². The molecule has 0 fully saturated rings. The molecular weight excluding hydrogens is 333 g/mol. The highest BCUT2D eigenvalue weighted by molar-refractivity contribution is 5.96. The maximum absolute atomic E-state index is 13.0. The zero-order valence-electron chi connectivity index (χ0n) is 13.6. The molecule has 1 N–H and O–H groups in total. The molecule has 26 heavy (non-hydrogen) atoms. The molecule has 5 nitrogen and oxygen atoms in total. The van der Waals surface area contributed by atoms with Crippen molar-refractivity contribution in [2.24, 2.45) is 0 Å². The smallest absolute Gasteiger partial charge is 0.257 e. The molecule has 3 rings (SSSR count). The van der Waals surface area contributed by atoms with E-state index in [4.69, 9.17) is 10.00 Å². The summed E-state index contributed by atoms with van der Waals surface area (Å²) in [5, 5.41) is 11.8. The van der Waals surface area contributed by atoms with Crippen LogP contribution in [0.1, 0.15) is 21.5 Å². The number of ether oxygens (including phenoxy) is 1. The van der Waals surface area contributed by atoms with Gasteiger partial charge in [-0.3, -0.25) is 4.79 Å². The van der Waals surface area contributed by atoms with Crippen molar-refractivity contribution in [2.45, 2.75) is 6.54 Å². The zero-order chi connectivity index (χ0) is 18.4. The second kappa shape index (κ2) is 7.90. The molecule has 0 aliphatic carbocycles. The first-order valence-electron chi connectivity index (χ1n) is 7.81. The third-order valence-corrected chi connectivity index (χ3v) is 3.55. The normalized spacial score (nSPS) is 10.0. The van der Waals surface area contributed by atoms with Gasteiger partial charge in [0.05, 0.1) is 5.56 Å². The molecule has 1 heterocycles. The lowest BCUT2D eigenvalue weighted by Crippen LogP contribution is -2.23. The summed E-state index contributed by atoms with van der Waals surface area (Å²) in [6, 6.07) is 18.1. The number of pyridine rings is 1. The minimum atomic E-state index is -0.421. The van der Waals surface area contributed by atoms with Gasteiger partial charge in [-0.15, -0.1) is 0 Å². The zero-order valence-corrected chi connectivity index (χ0v) is 13.6. The van der Waals surface area contributed by atoms with Crippen LogP contribution in [0.2, 0.25) is 0 Å². The third kappa shape index (κ3) is 4.22. The largest absolute Gasteiger partial charge is 0.438 e. The number of benzene rings is 2. The van der Waals surface area contributed by atoms with Crippen LogP contribution in [0.4, 0.5) is 4.39 Å². The van der Waals surface area contributed by atoms with Gasteiger partial charge in [0.2, 0.25) is 5.88 Å². The summed E-state index contributed by atoms with van der Waals surface area (Å²) in [5.41, 5.74) is 1.30. The van der Waals surface area contributed by atoms with E-state index in [1.807, 2.05) is 36.4 Å². The predicted octanol–water partition coefficient (Wildman–Crippen LogP) is 3.81. The monoisotopic (exact) mass is 347 g/mol. The number of nitriles is 1. The van der Waals surface area contributed by atoms with E-state index in [2.05, 4.69) is 10.3 Å². The van der Waals surface area contributed by atoms with Gasteiger partial charge >= 0.3 is 0 Å². The third-order valence-electron chi connectivity index (χ3n) is 3.55. The van der Waals surface area contributed by atoms with Crippen LogP contribution in [0.3, 0.4) is 0 Å². The minimum Gasteiger partial charge on any atom is -0.438 e. The molecule has 1 amide bonds. The number of hydrogen-bond acceptors (Lipinski definition) is 4. The van der Waals surface area contributed by atoms with Gasteiger partial charge in [0.15, 0.2) is 0 Å². The number of hydrogen-bond donors (Lipinski definition) is 1. The lowest BCUT2D eigenvalue weighted by Gasteiger charge is -2.11. The average molecular weight is 347 g/mol. The molecule has 1 aromatic heterocycles. The molecule has 3 aromatic rings. The van der Waals surface area contributed by atoms with Crippen molar-refractivity contribution in [3.63, 3.8) is 0 Å². The summed E-state index contributed by atoms with van der Waals surface area (Å²) in [6.07, 6.45) is 1.31. The quantitative estimate of drug-likeness (QED) is 0.761. The lowest BCUT2D eigenvalue weighted by molar-refractivity contribution is 0.0948. The van der Waals surface area contributed by atoms with E-state index in [1.165, 1.54) is 36.5 Å². The van der Waals surface area contributed by atoms with Crippen LogP contribution in [-0.4, -0.2) is 10.9 Å². The Morgan fingerprint density at radius 1 is 1.15 bits per heavy atom. The summed E-state index contributed by atoms with van der Waals surface area (Å²) in [6.45, 7) is 0.326. The summed E-state index contributed by atoms with van der Waals surface area (Å²) in [5.74, 6) is -0.441. The number of halogens is 1. The molecule has 6 heteroatoms. The Hall–Kier alpha value is -3.72. The van der Waals surface area contributed by atoms with Crippen molar-refractivity contribution in [2.75, 3.05) is 0 Å². The molecule has 0 saturated carbocycles. The van der Waals surface area contributed by atoms with Crippen molar-refractivity contribution in [1.29, 1.82) is 5.26 Å². The number of nitrogens with zero attached hydrogens (tertiary/aromatic N) is 2. The molecule has 0 spiro atoms. The summed E-state index contributed by atoms with van der Waals surface area (Å²) in [7, 11) is 0. The molecule has 0 aliphatic heterocycles. The fourth-order valence-electron chi connectivity index (χ4n) is 2.25. The van der Waals surface area contributed by atoms with Crippen LogP contribution >= 0.6 is 0 Å². The van der Waals surface area contributed by atoms with E-state index in [0.717, 1.165) is 5.56 Å². The highest BCUT2D eigenvalue weighted by atomic mass is 19.1. The first-order chi connectivity index (χ1) is 12.7. The number of aromatic nitrogens is 1. The Morgan fingerprint density at radius 3 is 2.58 bits per heavy atom. The van der Waals surface area contributed by atoms with Crippen LogP contribution in [0, 0.1) is 17.1 Å². The van der Waals surface area contributed by atoms with Gasteiger partial charge in [0.25, 0.3) is 5.91 Å². The Morgan fingerprint density at radius 2 is 1.88 bits per heavy atom. The van der Waals surface area contributed by atoms with E-state index in [0.29, 0.717) is 12.3 Å². The second-order valence-corrected chi connectivity index (χ2v) is 5.41. The van der Waals surface area contributed by atoms with Crippen molar-refractivity contribution >= 4 is 5.91 Å². The fourth-order valence-corrected chi connectivity index (χ4v) is 2.25. The number of rotatable bonds is 5. The SMILES string of the molecule is N#Cc1cnc(Oc2ccc(F)cc2)c(C(=O)NCc2ccccc2)c1. The van der Waals surface area contributed by atoms with E-state index in [-0.39, 0.29) is 17.0 Å². The van der Waals surface area contributed by atoms with Gasteiger partial charge < -0.3 is 10.1 Å². The minimum absolute atomic E-state index is 0.0427. The second-order valence-electron chi connectivity index (χ2n) is 5.41. The molecule has 0 saturated heterocycles. The van der Waals surface area contributed by atoms with E-state index in [1.54, 1.807) is 0 Å². The number of amides is 1. The summed E-state index contributed by atoms with van der Waals surface area (Å²) >= 11 is 0. The first-order valence-corrected chi connectivity index (χ1v) is 7.81. The van der Waals surface area contributed by atoms with Gasteiger partial charge in [-0.1, -0.05) is 30.3 Å². The van der Waals surface area contributed by atoms with Gasteiger partial charge in [-0.05, 0) is 35.9 Å². The predicted molar refractivity (Wildman–Crippen MR) is 93.0 cm³/mol. The molecule has 0 unspecified atom stereocenters. The Bertz CT molecular complexity index is 951.